The van der Waals surface area contributed by atoms with Gasteiger partial charge >= 0.3 is 0 Å². The molecule has 2 rings (SSSR count). The van der Waals surface area contributed by atoms with E-state index in [0.717, 1.165) is 50.3 Å². The van der Waals surface area contributed by atoms with E-state index in [9.17, 15) is 4.79 Å². The van der Waals surface area contributed by atoms with E-state index in [1.807, 2.05) is 6.92 Å². The van der Waals surface area contributed by atoms with E-state index in [4.69, 9.17) is 5.73 Å². The third kappa shape index (κ3) is 5.31. The first-order valence-corrected chi connectivity index (χ1v) is 8.67. The first-order valence-electron chi connectivity index (χ1n) is 8.67. The average molecular weight is 356 g/mol. The quantitative estimate of drug-likeness (QED) is 0.814. The van der Waals surface area contributed by atoms with Crippen molar-refractivity contribution in [2.24, 2.45) is 11.7 Å². The van der Waals surface area contributed by atoms with Crippen LogP contribution in [0.2, 0.25) is 0 Å². The SMILES string of the molecule is CCc1cc(N2CCC(NC(=O)C(N)C(C)CC)CC2)ncn1.Cl. The molecule has 1 aromatic rings. The van der Waals surface area contributed by atoms with E-state index >= 15 is 0 Å². The Morgan fingerprint density at radius 1 is 1.38 bits per heavy atom. The molecule has 7 heteroatoms. The highest BCUT2D eigenvalue weighted by Gasteiger charge is 2.25. The van der Waals surface area contributed by atoms with E-state index in [2.05, 4.69) is 40.1 Å². The van der Waals surface area contributed by atoms with Crippen molar-refractivity contribution in [2.75, 3.05) is 18.0 Å². The zero-order valence-corrected chi connectivity index (χ0v) is 15.7. The maximum Gasteiger partial charge on any atom is 0.237 e. The fraction of sp³-hybridized carbons (Fsp3) is 0.706. The Labute approximate surface area is 151 Å². The van der Waals surface area contributed by atoms with Crippen LogP contribution in [0.3, 0.4) is 0 Å². The van der Waals surface area contributed by atoms with E-state index in [1.54, 1.807) is 6.33 Å². The molecule has 1 aliphatic heterocycles. The molecular weight excluding hydrogens is 326 g/mol. The Kier molecular flexibility index (Phi) is 8.42. The molecule has 0 saturated carbocycles. The van der Waals surface area contributed by atoms with Gasteiger partial charge in [0, 0.05) is 30.9 Å². The Balaban J connectivity index is 0.00000288. The second kappa shape index (κ2) is 9.79. The molecule has 6 nitrogen and oxygen atoms in total. The Morgan fingerprint density at radius 3 is 2.62 bits per heavy atom. The first-order chi connectivity index (χ1) is 11.0. The lowest BCUT2D eigenvalue weighted by Crippen LogP contribution is -2.51. The summed E-state index contributed by atoms with van der Waals surface area (Å²) in [5, 5.41) is 3.11. The summed E-state index contributed by atoms with van der Waals surface area (Å²) in [6.45, 7) is 7.96. The summed E-state index contributed by atoms with van der Waals surface area (Å²) in [4.78, 5) is 23.0. The summed E-state index contributed by atoms with van der Waals surface area (Å²) in [7, 11) is 0. The number of aryl methyl sites for hydroxylation is 1. The number of halogens is 1. The number of hydrogen-bond acceptors (Lipinski definition) is 5. The molecular formula is C17H30ClN5O. The molecule has 0 radical (unpaired) electrons. The molecule has 2 unspecified atom stereocenters. The van der Waals surface area contributed by atoms with Crippen LogP contribution in [0.1, 0.15) is 45.7 Å². The molecule has 0 aromatic carbocycles. The van der Waals surface area contributed by atoms with Crippen LogP contribution in [0.25, 0.3) is 0 Å². The van der Waals surface area contributed by atoms with Crippen molar-refractivity contribution in [1.82, 2.24) is 15.3 Å². The van der Waals surface area contributed by atoms with Crippen molar-refractivity contribution < 1.29 is 4.79 Å². The van der Waals surface area contributed by atoms with Gasteiger partial charge in [-0.3, -0.25) is 4.79 Å². The number of piperidine rings is 1. The Bertz CT molecular complexity index is 519. The number of rotatable bonds is 6. The minimum Gasteiger partial charge on any atom is -0.356 e. The zero-order valence-electron chi connectivity index (χ0n) is 14.9. The van der Waals surface area contributed by atoms with Crippen LogP contribution in [0.4, 0.5) is 5.82 Å². The number of hydrogen-bond donors (Lipinski definition) is 2. The number of nitrogens with two attached hydrogens (primary N) is 1. The fourth-order valence-electron chi connectivity index (χ4n) is 2.81. The number of aromatic nitrogens is 2. The highest BCUT2D eigenvalue weighted by atomic mass is 35.5. The second-order valence-corrected chi connectivity index (χ2v) is 6.40. The van der Waals surface area contributed by atoms with Crippen LogP contribution in [-0.4, -0.2) is 41.0 Å². The summed E-state index contributed by atoms with van der Waals surface area (Å²) in [5.41, 5.74) is 7.06. The van der Waals surface area contributed by atoms with Crippen molar-refractivity contribution >= 4 is 24.1 Å². The molecule has 1 aromatic heterocycles. The summed E-state index contributed by atoms with van der Waals surface area (Å²) in [5.74, 6) is 1.18. The minimum absolute atomic E-state index is 0. The van der Waals surface area contributed by atoms with Crippen molar-refractivity contribution in [3.05, 3.63) is 18.1 Å². The predicted molar refractivity (Wildman–Crippen MR) is 99.5 cm³/mol. The van der Waals surface area contributed by atoms with E-state index in [-0.39, 0.29) is 30.3 Å². The van der Waals surface area contributed by atoms with Crippen LogP contribution in [0.5, 0.6) is 0 Å². The van der Waals surface area contributed by atoms with Crippen LogP contribution < -0.4 is 16.0 Å². The summed E-state index contributed by atoms with van der Waals surface area (Å²) in [6, 6.07) is 1.85. The lowest BCUT2D eigenvalue weighted by molar-refractivity contribution is -0.124. The molecule has 2 atom stereocenters. The zero-order chi connectivity index (χ0) is 16.8. The van der Waals surface area contributed by atoms with Crippen molar-refractivity contribution in [2.45, 2.75) is 58.5 Å². The topological polar surface area (TPSA) is 84.1 Å². The van der Waals surface area contributed by atoms with E-state index in [0.29, 0.717) is 0 Å². The van der Waals surface area contributed by atoms with Gasteiger partial charge in [-0.2, -0.15) is 0 Å². The summed E-state index contributed by atoms with van der Waals surface area (Å²) >= 11 is 0. The Hall–Kier alpha value is -1.40. The molecule has 0 bridgehead atoms. The Morgan fingerprint density at radius 2 is 2.04 bits per heavy atom. The lowest BCUT2D eigenvalue weighted by atomic mass is 9.98. The second-order valence-electron chi connectivity index (χ2n) is 6.40. The molecule has 1 aliphatic rings. The van der Waals surface area contributed by atoms with Gasteiger partial charge in [-0.25, -0.2) is 9.97 Å². The van der Waals surface area contributed by atoms with Crippen LogP contribution in [0.15, 0.2) is 12.4 Å². The smallest absolute Gasteiger partial charge is 0.237 e. The number of nitrogens with zero attached hydrogens (tertiary/aromatic N) is 3. The van der Waals surface area contributed by atoms with Crippen molar-refractivity contribution in [3.63, 3.8) is 0 Å². The molecule has 136 valence electrons. The highest BCUT2D eigenvalue weighted by Crippen LogP contribution is 2.18. The average Bonchev–Trinajstić information content (AvgIpc) is 2.61. The fourth-order valence-corrected chi connectivity index (χ4v) is 2.81. The molecule has 2 heterocycles. The maximum atomic E-state index is 12.2. The van der Waals surface area contributed by atoms with Crippen LogP contribution in [0, 0.1) is 5.92 Å². The third-order valence-electron chi connectivity index (χ3n) is 4.80. The normalized spacial score (nSPS) is 17.8. The number of anilines is 1. The predicted octanol–water partition coefficient (Wildman–Crippen LogP) is 1.92. The van der Waals surface area contributed by atoms with Crippen molar-refractivity contribution in [3.8, 4) is 0 Å². The van der Waals surface area contributed by atoms with E-state index in [1.165, 1.54) is 0 Å². The van der Waals surface area contributed by atoms with Gasteiger partial charge in [-0.15, -0.1) is 12.4 Å². The molecule has 24 heavy (non-hydrogen) atoms. The molecule has 3 N–H and O–H groups in total. The molecule has 1 fully saturated rings. The van der Waals surface area contributed by atoms with Crippen LogP contribution in [-0.2, 0) is 11.2 Å². The van der Waals surface area contributed by atoms with Gasteiger partial charge < -0.3 is 16.0 Å². The monoisotopic (exact) mass is 355 g/mol. The highest BCUT2D eigenvalue weighted by molar-refractivity contribution is 5.85. The largest absolute Gasteiger partial charge is 0.356 e. The first kappa shape index (κ1) is 20.6. The standard InChI is InChI=1S/C17H29N5O.ClH/c1-4-12(3)16(18)17(23)21-14-6-8-22(9-7-14)15-10-13(5-2)19-11-20-15;/h10-12,14,16H,4-9,18H2,1-3H3,(H,21,23);1H. The van der Waals surface area contributed by atoms with Crippen LogP contribution >= 0.6 is 12.4 Å². The molecule has 0 aliphatic carbocycles. The molecule has 1 saturated heterocycles. The van der Waals surface area contributed by atoms with Gasteiger partial charge in [0.25, 0.3) is 0 Å². The third-order valence-corrected chi connectivity index (χ3v) is 4.80. The van der Waals surface area contributed by atoms with Gasteiger partial charge in [-0.05, 0) is 25.2 Å². The number of nitrogens with one attached hydrogen (secondary N) is 1. The number of amides is 1. The van der Waals surface area contributed by atoms with E-state index < -0.39 is 6.04 Å². The number of carbonyl (C=O) groups is 1. The summed E-state index contributed by atoms with van der Waals surface area (Å²) < 4.78 is 0. The lowest BCUT2D eigenvalue weighted by Gasteiger charge is -2.34. The maximum absolute atomic E-state index is 12.2. The van der Waals surface area contributed by atoms with Gasteiger partial charge in [0.05, 0.1) is 6.04 Å². The number of carbonyl (C=O) groups excluding carboxylic acids is 1. The summed E-state index contributed by atoms with van der Waals surface area (Å²) in [6.07, 6.45) is 5.30. The van der Waals surface area contributed by atoms with Gasteiger partial charge in [0.15, 0.2) is 0 Å². The van der Waals surface area contributed by atoms with Crippen molar-refractivity contribution in [1.29, 1.82) is 0 Å². The minimum atomic E-state index is -0.410. The molecule has 0 spiro atoms. The van der Waals surface area contributed by atoms with Gasteiger partial charge in [0.1, 0.15) is 12.1 Å². The van der Waals surface area contributed by atoms with Gasteiger partial charge in [-0.1, -0.05) is 27.2 Å². The molecule has 1 amide bonds. The van der Waals surface area contributed by atoms with Gasteiger partial charge in [0.2, 0.25) is 5.91 Å².